The summed E-state index contributed by atoms with van der Waals surface area (Å²) >= 11 is 0. The van der Waals surface area contributed by atoms with Crippen LogP contribution in [0.25, 0.3) is 0 Å². The van der Waals surface area contributed by atoms with Gasteiger partial charge in [-0.05, 0) is 25.5 Å². The second-order valence-corrected chi connectivity index (χ2v) is 4.00. The van der Waals surface area contributed by atoms with E-state index in [-0.39, 0.29) is 11.6 Å². The van der Waals surface area contributed by atoms with Gasteiger partial charge < -0.3 is 10.5 Å². The van der Waals surface area contributed by atoms with Crippen molar-refractivity contribution < 1.29 is 9.66 Å². The molecule has 19 heavy (non-hydrogen) atoms. The molecule has 7 heteroatoms. The summed E-state index contributed by atoms with van der Waals surface area (Å²) in [6.45, 7) is 3.51. The van der Waals surface area contributed by atoms with E-state index in [4.69, 9.17) is 10.5 Å². The minimum absolute atomic E-state index is 0.0414. The zero-order valence-corrected chi connectivity index (χ0v) is 10.5. The summed E-state index contributed by atoms with van der Waals surface area (Å²) < 4.78 is 5.58. The normalized spacial score (nSPS) is 10.2. The lowest BCUT2D eigenvalue weighted by Crippen LogP contribution is -2.00. The molecule has 0 fully saturated rings. The number of rotatable bonds is 3. The number of nitrogens with two attached hydrogens (primary N) is 1. The second kappa shape index (κ2) is 4.89. The molecule has 98 valence electrons. The van der Waals surface area contributed by atoms with Gasteiger partial charge >= 0.3 is 0 Å². The van der Waals surface area contributed by atoms with Crippen LogP contribution in [0, 0.1) is 24.0 Å². The summed E-state index contributed by atoms with van der Waals surface area (Å²) in [5.41, 5.74) is 6.97. The molecule has 7 nitrogen and oxygen atoms in total. The molecule has 0 saturated carbocycles. The highest BCUT2D eigenvalue weighted by atomic mass is 16.6. The lowest BCUT2D eigenvalue weighted by molar-refractivity contribution is -0.384. The van der Waals surface area contributed by atoms with Crippen LogP contribution >= 0.6 is 0 Å². The Kier molecular flexibility index (Phi) is 3.28. The molecule has 1 aromatic carbocycles. The summed E-state index contributed by atoms with van der Waals surface area (Å²) in [5, 5.41) is 10.7. The number of non-ortho nitro benzene ring substituents is 1. The quantitative estimate of drug-likeness (QED) is 0.671. The molecule has 0 saturated heterocycles. The summed E-state index contributed by atoms with van der Waals surface area (Å²) in [4.78, 5) is 18.1. The standard InChI is InChI=1S/C12H12N4O3/c1-7-3-4-9(16(17)18)5-10(7)19-12-8(2)11(13)14-6-15-12/h3-6H,1-2H3,(H2,13,14,15). The first-order valence-corrected chi connectivity index (χ1v) is 5.49. The number of hydrogen-bond acceptors (Lipinski definition) is 6. The van der Waals surface area contributed by atoms with E-state index in [2.05, 4.69) is 9.97 Å². The highest BCUT2D eigenvalue weighted by molar-refractivity contribution is 5.48. The van der Waals surface area contributed by atoms with Gasteiger partial charge in [-0.3, -0.25) is 10.1 Å². The van der Waals surface area contributed by atoms with Crippen molar-refractivity contribution in [1.82, 2.24) is 9.97 Å². The fourth-order valence-electron chi connectivity index (χ4n) is 1.47. The molecule has 2 aromatic rings. The average molecular weight is 260 g/mol. The Labute approximate surface area is 109 Å². The maximum absolute atomic E-state index is 10.7. The highest BCUT2D eigenvalue weighted by Crippen LogP contribution is 2.30. The summed E-state index contributed by atoms with van der Waals surface area (Å²) in [7, 11) is 0. The second-order valence-electron chi connectivity index (χ2n) is 4.00. The molecular formula is C12H12N4O3. The number of aromatic nitrogens is 2. The SMILES string of the molecule is Cc1ccc([N+](=O)[O-])cc1Oc1ncnc(N)c1C. The van der Waals surface area contributed by atoms with Gasteiger partial charge in [0.05, 0.1) is 16.6 Å². The molecule has 2 N–H and O–H groups in total. The molecule has 0 aliphatic carbocycles. The molecule has 0 bridgehead atoms. The smallest absolute Gasteiger partial charge is 0.273 e. The van der Waals surface area contributed by atoms with E-state index in [1.54, 1.807) is 19.9 Å². The lowest BCUT2D eigenvalue weighted by Gasteiger charge is -2.10. The van der Waals surface area contributed by atoms with Crippen LogP contribution in [0.5, 0.6) is 11.6 Å². The van der Waals surface area contributed by atoms with Crippen LogP contribution in [0.15, 0.2) is 24.5 Å². The summed E-state index contributed by atoms with van der Waals surface area (Å²) in [5.74, 6) is 0.972. The van der Waals surface area contributed by atoms with Crippen molar-refractivity contribution in [2.24, 2.45) is 0 Å². The van der Waals surface area contributed by atoms with E-state index in [1.807, 2.05) is 0 Å². The molecule has 0 amide bonds. The first-order valence-electron chi connectivity index (χ1n) is 5.49. The molecule has 1 heterocycles. The number of anilines is 1. The largest absolute Gasteiger partial charge is 0.438 e. The lowest BCUT2D eigenvalue weighted by atomic mass is 10.2. The van der Waals surface area contributed by atoms with Crippen molar-refractivity contribution in [3.63, 3.8) is 0 Å². The van der Waals surface area contributed by atoms with Crippen LogP contribution in [-0.2, 0) is 0 Å². The predicted octanol–water partition coefficient (Wildman–Crippen LogP) is 2.38. The average Bonchev–Trinajstić information content (AvgIpc) is 2.37. The van der Waals surface area contributed by atoms with Gasteiger partial charge in [0.1, 0.15) is 17.9 Å². The molecular weight excluding hydrogens is 248 g/mol. The molecule has 0 atom stereocenters. The molecule has 0 aliphatic rings. The van der Waals surface area contributed by atoms with Gasteiger partial charge in [0, 0.05) is 6.07 Å². The van der Waals surface area contributed by atoms with Crippen LogP contribution in [0.1, 0.15) is 11.1 Å². The predicted molar refractivity (Wildman–Crippen MR) is 69.1 cm³/mol. The number of nitrogen functional groups attached to an aromatic ring is 1. The van der Waals surface area contributed by atoms with Crippen LogP contribution < -0.4 is 10.5 Å². The fraction of sp³-hybridized carbons (Fsp3) is 0.167. The molecule has 0 spiro atoms. The number of nitro groups is 1. The number of nitro benzene ring substituents is 1. The third-order valence-corrected chi connectivity index (χ3v) is 2.67. The van der Waals surface area contributed by atoms with Gasteiger partial charge in [-0.1, -0.05) is 0 Å². The number of ether oxygens (including phenoxy) is 1. The van der Waals surface area contributed by atoms with E-state index in [0.29, 0.717) is 17.1 Å². The van der Waals surface area contributed by atoms with Crippen molar-refractivity contribution in [3.05, 3.63) is 45.8 Å². The van der Waals surface area contributed by atoms with Gasteiger partial charge in [0.25, 0.3) is 5.69 Å². The number of nitrogens with zero attached hydrogens (tertiary/aromatic N) is 3. The molecule has 1 aromatic heterocycles. The zero-order chi connectivity index (χ0) is 14.0. The Morgan fingerprint density at radius 1 is 1.32 bits per heavy atom. The Balaban J connectivity index is 2.40. The van der Waals surface area contributed by atoms with Crippen LogP contribution in [-0.4, -0.2) is 14.9 Å². The molecule has 0 aliphatic heterocycles. The molecule has 0 radical (unpaired) electrons. The Morgan fingerprint density at radius 2 is 2.05 bits per heavy atom. The van der Waals surface area contributed by atoms with E-state index in [1.165, 1.54) is 18.5 Å². The highest BCUT2D eigenvalue weighted by Gasteiger charge is 2.13. The van der Waals surface area contributed by atoms with E-state index in [0.717, 1.165) is 5.56 Å². The Bertz CT molecular complexity index is 643. The topological polar surface area (TPSA) is 104 Å². The minimum Gasteiger partial charge on any atom is -0.438 e. The number of hydrogen-bond donors (Lipinski definition) is 1. The van der Waals surface area contributed by atoms with Gasteiger partial charge in [-0.15, -0.1) is 0 Å². The molecule has 2 rings (SSSR count). The van der Waals surface area contributed by atoms with Crippen LogP contribution in [0.2, 0.25) is 0 Å². The van der Waals surface area contributed by atoms with Crippen LogP contribution in [0.4, 0.5) is 11.5 Å². The maximum Gasteiger partial charge on any atom is 0.273 e. The van der Waals surface area contributed by atoms with E-state index >= 15 is 0 Å². The monoisotopic (exact) mass is 260 g/mol. The summed E-state index contributed by atoms with van der Waals surface area (Å²) in [6.07, 6.45) is 1.28. The third kappa shape index (κ3) is 2.59. The van der Waals surface area contributed by atoms with E-state index < -0.39 is 4.92 Å². The van der Waals surface area contributed by atoms with Gasteiger partial charge in [-0.2, -0.15) is 0 Å². The zero-order valence-electron chi connectivity index (χ0n) is 10.5. The van der Waals surface area contributed by atoms with Crippen molar-refractivity contribution in [2.75, 3.05) is 5.73 Å². The Hall–Kier alpha value is -2.70. The van der Waals surface area contributed by atoms with Crippen molar-refractivity contribution in [2.45, 2.75) is 13.8 Å². The number of aryl methyl sites for hydroxylation is 1. The maximum atomic E-state index is 10.7. The van der Waals surface area contributed by atoms with Crippen molar-refractivity contribution in [3.8, 4) is 11.6 Å². The van der Waals surface area contributed by atoms with Gasteiger partial charge in [-0.25, -0.2) is 9.97 Å². The first-order chi connectivity index (χ1) is 8.99. The van der Waals surface area contributed by atoms with Crippen molar-refractivity contribution >= 4 is 11.5 Å². The van der Waals surface area contributed by atoms with Crippen molar-refractivity contribution in [1.29, 1.82) is 0 Å². The molecule has 0 unspecified atom stereocenters. The fourth-order valence-corrected chi connectivity index (χ4v) is 1.47. The Morgan fingerprint density at radius 3 is 2.74 bits per heavy atom. The van der Waals surface area contributed by atoms with Gasteiger partial charge in [0.2, 0.25) is 5.88 Å². The first kappa shape index (κ1) is 12.7. The number of benzene rings is 1. The third-order valence-electron chi connectivity index (χ3n) is 2.67. The van der Waals surface area contributed by atoms with Crippen LogP contribution in [0.3, 0.4) is 0 Å². The van der Waals surface area contributed by atoms with Gasteiger partial charge in [0.15, 0.2) is 0 Å². The minimum atomic E-state index is -0.479. The summed E-state index contributed by atoms with van der Waals surface area (Å²) in [6, 6.07) is 4.39. The van der Waals surface area contributed by atoms with E-state index in [9.17, 15) is 10.1 Å².